The first-order valence-electron chi connectivity index (χ1n) is 48.6. The number of hydrogen-bond donors (Lipinski definition) is 0. The molecule has 0 N–H and O–H groups in total. The number of unbranched alkanes of at least 4 members (excludes halogenated alkanes) is 4. The minimum atomic E-state index is -4.74. The highest BCUT2D eigenvalue weighted by molar-refractivity contribution is 5.76. The fourth-order valence-corrected chi connectivity index (χ4v) is 16.6. The van der Waals surface area contributed by atoms with Crippen LogP contribution in [-0.4, -0.2) is 0 Å². The van der Waals surface area contributed by atoms with Gasteiger partial charge in [0.25, 0.3) is 0 Å². The molecule has 0 aliphatic rings. The van der Waals surface area contributed by atoms with Crippen LogP contribution in [0.5, 0.6) is 11.5 Å². The quantitative estimate of drug-likeness (QED) is 0.0232. The van der Waals surface area contributed by atoms with Gasteiger partial charge in [0.2, 0.25) is 0 Å². The Kier molecular flexibility index (Phi) is 39.0. The first-order valence-corrected chi connectivity index (χ1v) is 48.6. The zero-order valence-electron chi connectivity index (χ0n) is 81.4. The van der Waals surface area contributed by atoms with Crippen LogP contribution in [0.15, 0.2) is 315 Å². The lowest BCUT2D eigenvalue weighted by atomic mass is 9.97. The van der Waals surface area contributed by atoms with Crippen LogP contribution in [0.25, 0.3) is 100 Å². The molecule has 16 aromatic rings. The summed E-state index contributed by atoms with van der Waals surface area (Å²) in [6.07, 6.45) is 10.3. The molecule has 0 fully saturated rings. The van der Waals surface area contributed by atoms with Crippen molar-refractivity contribution in [3.05, 3.63) is 453 Å². The van der Waals surface area contributed by atoms with E-state index in [4.69, 9.17) is 0 Å². The lowest BCUT2D eigenvalue weighted by Crippen LogP contribution is -2.25. The van der Waals surface area contributed by atoms with Crippen LogP contribution in [0.2, 0.25) is 0 Å². The van der Waals surface area contributed by atoms with Gasteiger partial charge in [-0.05, 0) is 235 Å². The van der Waals surface area contributed by atoms with E-state index in [-0.39, 0.29) is 58.4 Å². The Morgan fingerprint density at radius 2 is 0.368 bits per heavy atom. The summed E-state index contributed by atoms with van der Waals surface area (Å²) in [5, 5.41) is 0. The highest BCUT2D eigenvalue weighted by Gasteiger charge is 2.43. The standard InChI is InChI=1S/C28H18F8O.C26H29F.C25H27F.C23H23F.C22H15F7O/c1-2-3-15-4-6-16(7-5-15)17-8-9-20(21(29)10-17)18-11-22(30)26(23(31)12-18)28(35,36)37-19-13-24(32)27(34)25(33)14-19;1-3-5-6-8-21-11-15-23(16-12-21)25-18-17-24(19-26(25)27)22-13-9-20(7-4-2)10-14-22;1-3-5-6-7-20-10-14-22(15-11-20)24-17-16-23(18-25(24)26)21-12-8-19(4-2)9-13-21;1-3-5-18-8-12-20(13-9-18)22-15-14-21(16-23(22)24)19-10-6-17(4-2)7-11-19;1-2-3-12-4-6-13(7-5-12)14-8-16(23)20(17(24)9-14)22(28,29)30-15-10-18(25)21(27)19(26)11-15/h4-14H,2-3H2,1H3;9-19H,3-8H2,1-2H3;8-18H,3-7H2,1-2H3;6-16H,3-5H2,1-2H3;4-11H,2-3H2,1H3. The molecule has 0 atom stereocenters. The molecular weight excluding hydrogens is 1860 g/mol. The monoisotopic (exact) mass is 1970 g/mol. The summed E-state index contributed by atoms with van der Waals surface area (Å²) in [7, 11) is 0. The van der Waals surface area contributed by atoms with Crippen LogP contribution in [0.4, 0.5) is 79.0 Å². The van der Waals surface area contributed by atoms with Gasteiger partial charge < -0.3 is 9.47 Å². The van der Waals surface area contributed by atoms with Crippen LogP contribution >= 0.6 is 0 Å². The Balaban J connectivity index is 0.000000162. The van der Waals surface area contributed by atoms with Gasteiger partial charge in [-0.2, -0.15) is 17.6 Å². The van der Waals surface area contributed by atoms with Crippen molar-refractivity contribution in [1.82, 2.24) is 0 Å². The number of aryl methyl sites for hydroxylation is 8. The van der Waals surface area contributed by atoms with Gasteiger partial charge in [0.05, 0.1) is 0 Å². The molecule has 0 aliphatic carbocycles. The van der Waals surface area contributed by atoms with E-state index in [1.54, 1.807) is 42.5 Å². The van der Waals surface area contributed by atoms with Crippen molar-refractivity contribution in [2.75, 3.05) is 0 Å². The zero-order chi connectivity index (χ0) is 103. The minimum Gasteiger partial charge on any atom is -0.429 e. The third kappa shape index (κ3) is 29.1. The van der Waals surface area contributed by atoms with E-state index < -0.39 is 98.8 Å². The van der Waals surface area contributed by atoms with E-state index in [9.17, 15) is 79.0 Å². The summed E-state index contributed by atoms with van der Waals surface area (Å²) in [5.41, 5.74) is 18.2. The lowest BCUT2D eigenvalue weighted by Gasteiger charge is -2.20. The van der Waals surface area contributed by atoms with Crippen molar-refractivity contribution in [1.29, 1.82) is 0 Å². The second kappa shape index (κ2) is 51.7. The van der Waals surface area contributed by atoms with Gasteiger partial charge in [-0.25, -0.2) is 61.5 Å². The van der Waals surface area contributed by atoms with Gasteiger partial charge in [0.15, 0.2) is 34.9 Å². The summed E-state index contributed by atoms with van der Waals surface area (Å²) < 4.78 is 262. The van der Waals surface area contributed by atoms with E-state index in [0.717, 1.165) is 144 Å². The van der Waals surface area contributed by atoms with E-state index in [2.05, 4.69) is 160 Å². The van der Waals surface area contributed by atoms with E-state index >= 15 is 0 Å². The topological polar surface area (TPSA) is 18.5 Å². The summed E-state index contributed by atoms with van der Waals surface area (Å²) >= 11 is 0. The third-order valence-corrected chi connectivity index (χ3v) is 24.6. The highest BCUT2D eigenvalue weighted by atomic mass is 19.3. The molecule has 0 aromatic heterocycles. The summed E-state index contributed by atoms with van der Waals surface area (Å²) in [6.45, 7) is 17.1. The summed E-state index contributed by atoms with van der Waals surface area (Å²) in [6, 6.07) is 87.7. The predicted molar refractivity (Wildman–Crippen MR) is 544 cm³/mol. The van der Waals surface area contributed by atoms with Crippen molar-refractivity contribution < 1.29 is 88.5 Å². The van der Waals surface area contributed by atoms with Gasteiger partial charge in [-0.3, -0.25) is 0 Å². The van der Waals surface area contributed by atoms with E-state index in [1.165, 1.54) is 84.0 Å². The Morgan fingerprint density at radius 1 is 0.174 bits per heavy atom. The SMILES string of the molecule is CCCCCc1ccc(-c2ccc(-c3ccc(CC)cc3)cc2F)cc1.CCCCCc1ccc(-c2ccc(-c3ccc(CCC)cc3)cc2F)cc1.CCCc1ccc(-c2cc(F)c(C(F)(F)Oc3cc(F)c(F)c(F)c3)c(F)c2)cc1.CCCc1ccc(-c2ccc(-c3cc(F)c(C(F)(F)Oc4cc(F)c(F)c(F)c4)c(F)c3)c(F)c2)cc1.CCCc1ccc(-c2ccc(-c3ccc(CC)cc3)cc2F)cc1. The van der Waals surface area contributed by atoms with Gasteiger partial charge in [-0.1, -0.05) is 349 Å². The number of hydrogen-bond acceptors (Lipinski definition) is 2. The average Bonchev–Trinajstić information content (AvgIpc) is 0.773. The molecule has 0 saturated heterocycles. The molecule has 746 valence electrons. The molecule has 16 aromatic carbocycles. The van der Waals surface area contributed by atoms with E-state index in [1.807, 2.05) is 111 Å². The summed E-state index contributed by atoms with van der Waals surface area (Å²) in [5.74, 6) is -21.6. The molecular formula is C124H112F18O2. The van der Waals surface area contributed by atoms with Crippen LogP contribution in [0.3, 0.4) is 0 Å². The van der Waals surface area contributed by atoms with Gasteiger partial charge >= 0.3 is 12.2 Å². The molecule has 0 saturated carbocycles. The van der Waals surface area contributed by atoms with Crippen molar-refractivity contribution in [2.24, 2.45) is 0 Å². The van der Waals surface area contributed by atoms with Crippen LogP contribution in [-0.2, 0) is 63.6 Å². The van der Waals surface area contributed by atoms with Crippen molar-refractivity contribution in [2.45, 2.75) is 183 Å². The largest absolute Gasteiger partial charge is 0.432 e. The predicted octanol–water partition coefficient (Wildman–Crippen LogP) is 38.0. The normalized spacial score (nSPS) is 11.2. The Bertz CT molecular complexity index is 6810. The number of halogens is 18. The fraction of sp³-hybridized carbons (Fsp3) is 0.226. The fourth-order valence-electron chi connectivity index (χ4n) is 16.6. The number of rotatable bonds is 33. The van der Waals surface area contributed by atoms with Gasteiger partial charge in [0.1, 0.15) is 69.2 Å². The molecule has 144 heavy (non-hydrogen) atoms. The number of ether oxygens (including phenoxy) is 2. The maximum absolute atomic E-state index is 14.9. The number of alkyl halides is 4. The van der Waals surface area contributed by atoms with Crippen LogP contribution in [0, 0.1) is 81.4 Å². The second-order valence-corrected chi connectivity index (χ2v) is 35.2. The summed E-state index contributed by atoms with van der Waals surface area (Å²) in [4.78, 5) is 0. The maximum atomic E-state index is 14.9. The maximum Gasteiger partial charge on any atom is 0.432 e. The van der Waals surface area contributed by atoms with Crippen molar-refractivity contribution in [3.8, 4) is 112 Å². The molecule has 0 aliphatic heterocycles. The number of benzene rings is 16. The van der Waals surface area contributed by atoms with Crippen LogP contribution < -0.4 is 9.47 Å². The Hall–Kier alpha value is -14.1. The van der Waals surface area contributed by atoms with Gasteiger partial charge in [0, 0.05) is 46.5 Å². The molecule has 0 bridgehead atoms. The second-order valence-electron chi connectivity index (χ2n) is 35.2. The van der Waals surface area contributed by atoms with Crippen molar-refractivity contribution in [3.63, 3.8) is 0 Å². The third-order valence-electron chi connectivity index (χ3n) is 24.6. The average molecular weight is 1980 g/mol. The zero-order valence-corrected chi connectivity index (χ0v) is 81.4. The lowest BCUT2D eigenvalue weighted by molar-refractivity contribution is -0.190. The molecule has 0 heterocycles. The minimum absolute atomic E-state index is 0.0199. The molecule has 16 rings (SSSR count). The van der Waals surface area contributed by atoms with Crippen LogP contribution in [0.1, 0.15) is 175 Å². The van der Waals surface area contributed by atoms with E-state index in [0.29, 0.717) is 57.6 Å². The smallest absolute Gasteiger partial charge is 0.429 e. The molecule has 0 spiro atoms. The molecule has 0 unspecified atom stereocenters. The molecule has 20 heteroatoms. The molecule has 0 amide bonds. The Labute approximate surface area is 831 Å². The van der Waals surface area contributed by atoms with Crippen molar-refractivity contribution >= 4 is 0 Å². The Morgan fingerprint density at radius 3 is 0.590 bits per heavy atom. The first-order chi connectivity index (χ1) is 69.2. The molecule has 2 nitrogen and oxygen atoms in total. The van der Waals surface area contributed by atoms with Gasteiger partial charge in [-0.15, -0.1) is 0 Å². The highest BCUT2D eigenvalue weighted by Crippen LogP contribution is 2.43. The first kappa shape index (κ1) is 109. The molecule has 0 radical (unpaired) electrons.